The Kier molecular flexibility index (Phi) is 13.5. The fraction of sp³-hybridized carbons (Fsp3) is 0.632. The molecule has 0 heterocycles. The van der Waals surface area contributed by atoms with Crippen molar-refractivity contribution in [2.75, 3.05) is 0 Å². The summed E-state index contributed by atoms with van der Waals surface area (Å²) in [6.45, 7) is 0.767. The lowest BCUT2D eigenvalue weighted by molar-refractivity contribution is -0.146. The molecule has 10 heteroatoms. The highest BCUT2D eigenvalue weighted by atomic mass is 35.5. The van der Waals surface area contributed by atoms with E-state index < -0.39 is 18.6 Å². The lowest BCUT2D eigenvalue weighted by Crippen LogP contribution is -2.55. The maximum atomic E-state index is 11.8. The van der Waals surface area contributed by atoms with Crippen molar-refractivity contribution in [3.63, 3.8) is 0 Å². The summed E-state index contributed by atoms with van der Waals surface area (Å²) in [5.41, 5.74) is 6.24. The first-order chi connectivity index (χ1) is 12.8. The average molecular weight is 470 g/mol. The molecule has 166 valence electrons. The molecule has 2 rings (SSSR count). The van der Waals surface area contributed by atoms with E-state index in [4.69, 9.17) is 27.4 Å². The predicted molar refractivity (Wildman–Crippen MR) is 122 cm³/mol. The van der Waals surface area contributed by atoms with Gasteiger partial charge in [-0.15, -0.1) is 24.8 Å². The number of hydrogen-bond donors (Lipinski definition) is 5. The predicted octanol–water partition coefficient (Wildman–Crippen LogP) is 3.26. The summed E-state index contributed by atoms with van der Waals surface area (Å²) in [6.07, 6.45) is 5.11. The number of nitrogens with one attached hydrogen (secondary N) is 1. The molecule has 1 aromatic rings. The number of halogens is 3. The average Bonchev–Trinajstić information content (AvgIpc) is 2.64. The van der Waals surface area contributed by atoms with Gasteiger partial charge in [-0.2, -0.15) is 0 Å². The Labute approximate surface area is 190 Å². The van der Waals surface area contributed by atoms with Gasteiger partial charge in [0.1, 0.15) is 5.54 Å². The number of aliphatic carboxylic acids is 1. The molecule has 1 fully saturated rings. The molecule has 0 spiro atoms. The molecule has 0 aliphatic heterocycles. The molecule has 0 saturated heterocycles. The van der Waals surface area contributed by atoms with Crippen LogP contribution in [0.15, 0.2) is 24.3 Å². The summed E-state index contributed by atoms with van der Waals surface area (Å²) in [5.74, 6) is -1.01. The Balaban J connectivity index is 0.00000392. The number of unbranched alkanes of at least 4 members (excludes halogenated alkanes) is 1. The van der Waals surface area contributed by atoms with Gasteiger partial charge in [0.2, 0.25) is 0 Å². The van der Waals surface area contributed by atoms with Crippen LogP contribution in [-0.2, 0) is 11.3 Å². The van der Waals surface area contributed by atoms with E-state index in [1.165, 1.54) is 5.56 Å². The summed E-state index contributed by atoms with van der Waals surface area (Å²) in [5, 5.41) is 31.8. The van der Waals surface area contributed by atoms with Crippen LogP contribution in [0.2, 0.25) is 11.3 Å². The topological polar surface area (TPSA) is 116 Å². The van der Waals surface area contributed by atoms with E-state index in [1.807, 2.05) is 24.3 Å². The van der Waals surface area contributed by atoms with Gasteiger partial charge >= 0.3 is 13.1 Å². The minimum atomic E-state index is -1.34. The molecule has 1 aromatic carbocycles. The number of rotatable bonds is 10. The van der Waals surface area contributed by atoms with Gasteiger partial charge in [0, 0.05) is 17.6 Å². The first-order valence-corrected chi connectivity index (χ1v) is 10.1. The van der Waals surface area contributed by atoms with E-state index in [9.17, 15) is 9.90 Å². The van der Waals surface area contributed by atoms with Crippen molar-refractivity contribution < 1.29 is 19.9 Å². The third kappa shape index (κ3) is 9.01. The lowest BCUT2D eigenvalue weighted by Gasteiger charge is -2.39. The van der Waals surface area contributed by atoms with Crippen LogP contribution in [0, 0.1) is 5.92 Å². The highest BCUT2D eigenvalue weighted by Crippen LogP contribution is 2.35. The van der Waals surface area contributed by atoms with E-state index >= 15 is 0 Å². The Morgan fingerprint density at radius 1 is 1.14 bits per heavy atom. The van der Waals surface area contributed by atoms with Crippen LogP contribution in [0.25, 0.3) is 0 Å². The van der Waals surface area contributed by atoms with Crippen molar-refractivity contribution in [2.24, 2.45) is 11.7 Å². The number of nitrogens with two attached hydrogens (primary N) is 1. The Morgan fingerprint density at radius 2 is 1.72 bits per heavy atom. The number of carboxylic acids is 1. The van der Waals surface area contributed by atoms with Crippen molar-refractivity contribution in [2.45, 2.75) is 69.4 Å². The van der Waals surface area contributed by atoms with Gasteiger partial charge in [-0.05, 0) is 62.0 Å². The third-order valence-corrected chi connectivity index (χ3v) is 5.92. The molecule has 6 N–H and O–H groups in total. The van der Waals surface area contributed by atoms with Gasteiger partial charge in [0.15, 0.2) is 0 Å². The van der Waals surface area contributed by atoms with E-state index in [0.29, 0.717) is 25.3 Å². The molecule has 1 atom stereocenters. The normalized spacial score (nSPS) is 20.7. The molecular weight excluding hydrogens is 437 g/mol. The summed E-state index contributed by atoms with van der Waals surface area (Å²) in [6, 6.07) is 8.11. The summed E-state index contributed by atoms with van der Waals surface area (Å²) < 4.78 is 0. The van der Waals surface area contributed by atoms with Gasteiger partial charge in [0.05, 0.1) is 0 Å². The molecular formula is C19H32BCl3N2O4. The summed E-state index contributed by atoms with van der Waals surface area (Å²) in [7, 11) is -1.34. The van der Waals surface area contributed by atoms with Crippen molar-refractivity contribution in [3.8, 4) is 0 Å². The summed E-state index contributed by atoms with van der Waals surface area (Å²) >= 11 is 5.90. The van der Waals surface area contributed by atoms with Gasteiger partial charge in [-0.1, -0.05) is 36.6 Å². The maximum Gasteiger partial charge on any atom is 0.451 e. The molecule has 29 heavy (non-hydrogen) atoms. The van der Waals surface area contributed by atoms with E-state index in [-0.39, 0.29) is 37.1 Å². The van der Waals surface area contributed by atoms with Gasteiger partial charge in [0.25, 0.3) is 0 Å². The first-order valence-electron chi connectivity index (χ1n) is 9.67. The molecule has 1 aliphatic carbocycles. The van der Waals surface area contributed by atoms with Crippen LogP contribution in [-0.4, -0.2) is 39.8 Å². The van der Waals surface area contributed by atoms with E-state index in [0.717, 1.165) is 37.3 Å². The third-order valence-electron chi connectivity index (χ3n) is 5.66. The van der Waals surface area contributed by atoms with Crippen LogP contribution < -0.4 is 11.1 Å². The van der Waals surface area contributed by atoms with Crippen molar-refractivity contribution in [3.05, 3.63) is 34.9 Å². The molecule has 6 nitrogen and oxygen atoms in total. The van der Waals surface area contributed by atoms with Crippen LogP contribution in [0.4, 0.5) is 0 Å². The highest BCUT2D eigenvalue weighted by Gasteiger charge is 2.43. The van der Waals surface area contributed by atoms with Crippen LogP contribution in [0.3, 0.4) is 0 Å². The lowest BCUT2D eigenvalue weighted by atomic mass is 9.71. The molecule has 0 bridgehead atoms. The van der Waals surface area contributed by atoms with Crippen LogP contribution in [0.5, 0.6) is 0 Å². The standard InChI is InChI=1S/C19H30BClN2O4.2ClH/c21-16-7-3-14(4-8-16)13-23-17-9-5-15(6-10-17)19(22,18(24)25)11-1-2-12-20(26)27;;/h3-4,7-8,15,17,23,26-27H,1-2,5-6,9-13,22H2,(H,24,25);2*1H/t15?,17?,19-;;/m0../s1. The van der Waals surface area contributed by atoms with Crippen LogP contribution in [0.1, 0.15) is 50.5 Å². The number of benzene rings is 1. The van der Waals surface area contributed by atoms with Gasteiger partial charge in [-0.3, -0.25) is 4.79 Å². The highest BCUT2D eigenvalue weighted by molar-refractivity contribution is 6.40. The quantitative estimate of drug-likeness (QED) is 0.265. The van der Waals surface area contributed by atoms with Crippen molar-refractivity contribution >= 4 is 49.5 Å². The molecule has 1 saturated carbocycles. The largest absolute Gasteiger partial charge is 0.480 e. The second-order valence-electron chi connectivity index (χ2n) is 7.63. The fourth-order valence-corrected chi connectivity index (χ4v) is 4.03. The monoisotopic (exact) mass is 468 g/mol. The molecule has 1 aliphatic rings. The smallest absolute Gasteiger partial charge is 0.451 e. The minimum Gasteiger partial charge on any atom is -0.480 e. The Hall–Kier alpha value is -0.535. The van der Waals surface area contributed by atoms with Crippen molar-refractivity contribution in [1.29, 1.82) is 0 Å². The molecule has 0 unspecified atom stereocenters. The Morgan fingerprint density at radius 3 is 2.24 bits per heavy atom. The minimum absolute atomic E-state index is 0. The number of carbonyl (C=O) groups is 1. The SMILES string of the molecule is Cl.Cl.N[C@](CCCCB(O)O)(C(=O)O)C1CCC(NCc2ccc(Cl)cc2)CC1. The molecule has 0 radical (unpaired) electrons. The molecule has 0 aromatic heterocycles. The zero-order chi connectivity index (χ0) is 19.9. The molecule has 0 amide bonds. The second kappa shape index (κ2) is 13.7. The first kappa shape index (κ1) is 28.5. The van der Waals surface area contributed by atoms with Crippen molar-refractivity contribution in [1.82, 2.24) is 5.32 Å². The van der Waals surface area contributed by atoms with E-state index in [2.05, 4.69) is 5.32 Å². The summed E-state index contributed by atoms with van der Waals surface area (Å²) in [4.78, 5) is 11.8. The zero-order valence-corrected chi connectivity index (χ0v) is 18.8. The Bertz CT molecular complexity index is 602. The zero-order valence-electron chi connectivity index (χ0n) is 16.4. The number of hydrogen-bond acceptors (Lipinski definition) is 5. The second-order valence-corrected chi connectivity index (χ2v) is 8.06. The maximum absolute atomic E-state index is 11.8. The van der Waals surface area contributed by atoms with Gasteiger partial charge < -0.3 is 26.2 Å². The van der Waals surface area contributed by atoms with E-state index in [1.54, 1.807) is 0 Å². The van der Waals surface area contributed by atoms with Crippen LogP contribution >= 0.6 is 36.4 Å². The van der Waals surface area contributed by atoms with Gasteiger partial charge in [-0.25, -0.2) is 0 Å². The fourth-order valence-electron chi connectivity index (χ4n) is 3.91. The number of carboxylic acid groups (broad SMARTS) is 1.